The third kappa shape index (κ3) is 3.81. The van der Waals surface area contributed by atoms with Crippen LogP contribution in [0.1, 0.15) is 20.8 Å². The predicted molar refractivity (Wildman–Crippen MR) is 114 cm³/mol. The van der Waals surface area contributed by atoms with Crippen molar-refractivity contribution in [2.24, 2.45) is 0 Å². The lowest BCUT2D eigenvalue weighted by atomic mass is 10.2. The van der Waals surface area contributed by atoms with Gasteiger partial charge in [0.15, 0.2) is 0 Å². The van der Waals surface area contributed by atoms with Crippen molar-refractivity contribution in [2.45, 2.75) is 16.3 Å². The van der Waals surface area contributed by atoms with E-state index in [4.69, 9.17) is 0 Å². The fourth-order valence-corrected chi connectivity index (χ4v) is 5.33. The number of sulfone groups is 1. The first-order chi connectivity index (χ1) is 14.5. The van der Waals surface area contributed by atoms with E-state index in [0.717, 1.165) is 15.6 Å². The summed E-state index contributed by atoms with van der Waals surface area (Å²) >= 11 is 1.37. The molecule has 2 heterocycles. The first-order valence-electron chi connectivity index (χ1n) is 8.94. The average molecular weight is 434 g/mol. The molecule has 0 bridgehead atoms. The standard InChI is InChI=1S/C22H15N3O3S2/c23-12-17-3-1-2-4-21(17)30(27,28)18-7-5-15(6-8-18)13-25-22(26)19-11-16-9-10-24-14-20(16)29-19/h1-11,14H,13H2,(H,25,26). The Morgan fingerprint density at radius 1 is 1.10 bits per heavy atom. The van der Waals surface area contributed by atoms with Crippen LogP contribution in [0.25, 0.3) is 10.1 Å². The molecule has 4 aromatic rings. The van der Waals surface area contributed by atoms with Crippen LogP contribution in [0.2, 0.25) is 0 Å². The molecule has 0 spiro atoms. The van der Waals surface area contributed by atoms with E-state index in [9.17, 15) is 18.5 Å². The zero-order chi connectivity index (χ0) is 21.1. The summed E-state index contributed by atoms with van der Waals surface area (Å²) in [6.07, 6.45) is 3.40. The molecule has 0 saturated carbocycles. The fraction of sp³-hybridized carbons (Fsp3) is 0.0455. The number of nitrogens with zero attached hydrogens (tertiary/aromatic N) is 2. The Morgan fingerprint density at radius 2 is 1.87 bits per heavy atom. The van der Waals surface area contributed by atoms with E-state index in [-0.39, 0.29) is 27.8 Å². The molecule has 0 saturated heterocycles. The number of aromatic nitrogens is 1. The molecule has 1 N–H and O–H groups in total. The number of hydrogen-bond donors (Lipinski definition) is 1. The largest absolute Gasteiger partial charge is 0.347 e. The smallest absolute Gasteiger partial charge is 0.261 e. The Bertz CT molecular complexity index is 1350. The zero-order valence-electron chi connectivity index (χ0n) is 15.6. The number of hydrogen-bond acceptors (Lipinski definition) is 6. The first kappa shape index (κ1) is 19.8. The second-order valence-corrected chi connectivity index (χ2v) is 9.46. The number of nitriles is 1. The highest BCUT2D eigenvalue weighted by molar-refractivity contribution is 7.91. The number of benzene rings is 2. The van der Waals surface area contributed by atoms with Crippen LogP contribution in [-0.2, 0) is 16.4 Å². The molecule has 0 aliphatic carbocycles. The maximum atomic E-state index is 12.8. The van der Waals surface area contributed by atoms with Gasteiger partial charge in [-0.25, -0.2) is 8.42 Å². The Balaban J connectivity index is 1.48. The van der Waals surface area contributed by atoms with Gasteiger partial charge in [0.05, 0.1) is 24.9 Å². The van der Waals surface area contributed by atoms with Crippen LogP contribution in [-0.4, -0.2) is 19.3 Å². The van der Waals surface area contributed by atoms with Gasteiger partial charge in [0.2, 0.25) is 9.84 Å². The number of pyridine rings is 1. The van der Waals surface area contributed by atoms with Crippen molar-refractivity contribution in [1.82, 2.24) is 10.3 Å². The highest BCUT2D eigenvalue weighted by Gasteiger charge is 2.21. The number of nitrogens with one attached hydrogen (secondary N) is 1. The van der Waals surface area contributed by atoms with Crippen LogP contribution in [0.4, 0.5) is 0 Å². The Kier molecular flexibility index (Phi) is 5.31. The molecular formula is C22H15N3O3S2. The van der Waals surface area contributed by atoms with Gasteiger partial charge in [0.25, 0.3) is 5.91 Å². The maximum absolute atomic E-state index is 12.8. The van der Waals surface area contributed by atoms with E-state index >= 15 is 0 Å². The minimum absolute atomic E-state index is 0.0206. The molecule has 30 heavy (non-hydrogen) atoms. The van der Waals surface area contributed by atoms with Crippen LogP contribution in [0, 0.1) is 11.3 Å². The Morgan fingerprint density at radius 3 is 2.60 bits per heavy atom. The number of rotatable bonds is 5. The molecule has 2 aromatic carbocycles. The quantitative estimate of drug-likeness (QED) is 0.514. The molecule has 2 aromatic heterocycles. The molecule has 0 aliphatic rings. The third-order valence-corrected chi connectivity index (χ3v) is 7.44. The Labute approximate surface area is 177 Å². The SMILES string of the molecule is N#Cc1ccccc1S(=O)(=O)c1ccc(CNC(=O)c2cc3ccncc3s2)cc1. The summed E-state index contributed by atoms with van der Waals surface area (Å²) in [5, 5.41) is 13.0. The summed E-state index contributed by atoms with van der Waals surface area (Å²) in [7, 11) is -3.80. The number of thiophene rings is 1. The van der Waals surface area contributed by atoms with Crippen LogP contribution in [0.15, 0.2) is 82.8 Å². The van der Waals surface area contributed by atoms with Crippen molar-refractivity contribution in [3.8, 4) is 6.07 Å². The summed E-state index contributed by atoms with van der Waals surface area (Å²) in [5.74, 6) is -0.198. The van der Waals surface area contributed by atoms with Gasteiger partial charge in [-0.3, -0.25) is 9.78 Å². The summed E-state index contributed by atoms with van der Waals surface area (Å²) in [6.45, 7) is 0.264. The van der Waals surface area contributed by atoms with Crippen molar-refractivity contribution >= 4 is 37.2 Å². The number of amides is 1. The lowest BCUT2D eigenvalue weighted by Crippen LogP contribution is -2.21. The van der Waals surface area contributed by atoms with Crippen LogP contribution in [0.5, 0.6) is 0 Å². The van der Waals surface area contributed by atoms with Crippen molar-refractivity contribution < 1.29 is 13.2 Å². The van der Waals surface area contributed by atoms with Crippen molar-refractivity contribution in [3.63, 3.8) is 0 Å². The van der Waals surface area contributed by atoms with E-state index in [0.29, 0.717) is 4.88 Å². The number of fused-ring (bicyclic) bond motifs is 1. The average Bonchev–Trinajstić information content (AvgIpc) is 3.22. The minimum Gasteiger partial charge on any atom is -0.347 e. The van der Waals surface area contributed by atoms with Crippen molar-refractivity contribution in [3.05, 3.63) is 89.1 Å². The first-order valence-corrected chi connectivity index (χ1v) is 11.2. The van der Waals surface area contributed by atoms with Gasteiger partial charge in [-0.15, -0.1) is 11.3 Å². The third-order valence-electron chi connectivity index (χ3n) is 4.53. The van der Waals surface area contributed by atoms with Gasteiger partial charge in [-0.1, -0.05) is 24.3 Å². The molecule has 0 aliphatic heterocycles. The van der Waals surface area contributed by atoms with Crippen LogP contribution in [0.3, 0.4) is 0 Å². The van der Waals surface area contributed by atoms with Gasteiger partial charge in [0, 0.05) is 18.9 Å². The van der Waals surface area contributed by atoms with E-state index < -0.39 is 9.84 Å². The molecular weight excluding hydrogens is 418 g/mol. The minimum atomic E-state index is -3.80. The van der Waals surface area contributed by atoms with Crippen molar-refractivity contribution in [2.75, 3.05) is 0 Å². The van der Waals surface area contributed by atoms with E-state index in [1.807, 2.05) is 18.2 Å². The van der Waals surface area contributed by atoms with Crippen LogP contribution < -0.4 is 5.32 Å². The van der Waals surface area contributed by atoms with Gasteiger partial charge >= 0.3 is 0 Å². The van der Waals surface area contributed by atoms with Crippen molar-refractivity contribution in [1.29, 1.82) is 5.26 Å². The molecule has 4 rings (SSSR count). The lowest BCUT2D eigenvalue weighted by Gasteiger charge is -2.08. The molecule has 0 radical (unpaired) electrons. The zero-order valence-corrected chi connectivity index (χ0v) is 17.2. The van der Waals surface area contributed by atoms with E-state index in [1.54, 1.807) is 36.7 Å². The van der Waals surface area contributed by atoms with E-state index in [1.165, 1.54) is 35.6 Å². The summed E-state index contributed by atoms with van der Waals surface area (Å²) in [5.41, 5.74) is 0.867. The number of carbonyl (C=O) groups is 1. The predicted octanol–water partition coefficient (Wildman–Crippen LogP) is 3.93. The topological polar surface area (TPSA) is 99.9 Å². The normalized spacial score (nSPS) is 11.2. The summed E-state index contributed by atoms with van der Waals surface area (Å²) in [4.78, 5) is 17.1. The number of carbonyl (C=O) groups excluding carboxylic acids is 1. The molecule has 0 unspecified atom stereocenters. The monoisotopic (exact) mass is 433 g/mol. The van der Waals surface area contributed by atoms with Gasteiger partial charge in [-0.05, 0) is 47.3 Å². The highest BCUT2D eigenvalue weighted by Crippen LogP contribution is 2.25. The highest BCUT2D eigenvalue weighted by atomic mass is 32.2. The second kappa shape index (κ2) is 8.06. The van der Waals surface area contributed by atoms with Crippen LogP contribution >= 0.6 is 11.3 Å². The molecule has 0 atom stereocenters. The maximum Gasteiger partial charge on any atom is 0.261 e. The van der Waals surface area contributed by atoms with Gasteiger partial charge < -0.3 is 5.32 Å². The molecule has 0 fully saturated rings. The second-order valence-electron chi connectivity index (χ2n) is 6.46. The molecule has 148 valence electrons. The molecule has 8 heteroatoms. The van der Waals surface area contributed by atoms with E-state index in [2.05, 4.69) is 10.3 Å². The molecule has 6 nitrogen and oxygen atoms in total. The summed E-state index contributed by atoms with van der Waals surface area (Å²) < 4.78 is 26.6. The van der Waals surface area contributed by atoms with Gasteiger partial charge in [0.1, 0.15) is 6.07 Å². The lowest BCUT2D eigenvalue weighted by molar-refractivity contribution is 0.0955. The fourth-order valence-electron chi connectivity index (χ4n) is 2.97. The van der Waals surface area contributed by atoms with Gasteiger partial charge in [-0.2, -0.15) is 5.26 Å². The molecule has 1 amide bonds. The Hall–Kier alpha value is -3.54. The summed E-state index contributed by atoms with van der Waals surface area (Å²) in [6, 6.07) is 17.9.